The van der Waals surface area contributed by atoms with Crippen LogP contribution in [0.1, 0.15) is 28.8 Å². The van der Waals surface area contributed by atoms with Crippen molar-refractivity contribution >= 4 is 5.91 Å². The van der Waals surface area contributed by atoms with E-state index in [9.17, 15) is 4.79 Å². The SMILES string of the molecule is Cc1ccc(C(=O)NC2CC2)cc1. The highest BCUT2D eigenvalue weighted by molar-refractivity contribution is 5.94. The first-order valence-corrected chi connectivity index (χ1v) is 4.63. The van der Waals surface area contributed by atoms with Crippen LogP contribution in [0.15, 0.2) is 24.3 Å². The second-order valence-corrected chi connectivity index (χ2v) is 3.61. The van der Waals surface area contributed by atoms with Gasteiger partial charge in [-0.15, -0.1) is 0 Å². The Morgan fingerprint density at radius 1 is 1.31 bits per heavy atom. The number of hydrogen-bond acceptors (Lipinski definition) is 1. The molecule has 0 atom stereocenters. The van der Waals surface area contributed by atoms with E-state index in [1.165, 1.54) is 5.56 Å². The van der Waals surface area contributed by atoms with Crippen molar-refractivity contribution in [3.05, 3.63) is 35.4 Å². The Bertz CT molecular complexity index is 311. The summed E-state index contributed by atoms with van der Waals surface area (Å²) in [6.07, 6.45) is 2.27. The van der Waals surface area contributed by atoms with E-state index < -0.39 is 0 Å². The fourth-order valence-electron chi connectivity index (χ4n) is 1.20. The molecule has 1 saturated carbocycles. The smallest absolute Gasteiger partial charge is 0.251 e. The van der Waals surface area contributed by atoms with E-state index in [0.717, 1.165) is 18.4 Å². The molecule has 1 N–H and O–H groups in total. The summed E-state index contributed by atoms with van der Waals surface area (Å²) in [6, 6.07) is 8.10. The van der Waals surface area contributed by atoms with Gasteiger partial charge >= 0.3 is 0 Å². The van der Waals surface area contributed by atoms with E-state index in [1.807, 2.05) is 31.2 Å². The van der Waals surface area contributed by atoms with Crippen molar-refractivity contribution in [3.8, 4) is 0 Å². The van der Waals surface area contributed by atoms with Gasteiger partial charge in [0.25, 0.3) is 5.91 Å². The first kappa shape index (κ1) is 8.30. The minimum absolute atomic E-state index is 0.0579. The van der Waals surface area contributed by atoms with Gasteiger partial charge in [-0.1, -0.05) is 17.7 Å². The van der Waals surface area contributed by atoms with E-state index in [2.05, 4.69) is 5.32 Å². The minimum Gasteiger partial charge on any atom is -0.349 e. The van der Waals surface area contributed by atoms with E-state index in [4.69, 9.17) is 0 Å². The highest BCUT2D eigenvalue weighted by atomic mass is 16.1. The van der Waals surface area contributed by atoms with Crippen molar-refractivity contribution in [1.82, 2.24) is 5.32 Å². The third-order valence-corrected chi connectivity index (χ3v) is 2.23. The molecule has 13 heavy (non-hydrogen) atoms. The lowest BCUT2D eigenvalue weighted by molar-refractivity contribution is 0.0951. The van der Waals surface area contributed by atoms with Crippen LogP contribution in [0, 0.1) is 6.92 Å². The number of amides is 1. The molecule has 1 fully saturated rings. The molecule has 2 nitrogen and oxygen atoms in total. The summed E-state index contributed by atoms with van der Waals surface area (Å²) in [5, 5.41) is 2.95. The molecule has 0 aromatic heterocycles. The van der Waals surface area contributed by atoms with Gasteiger partial charge < -0.3 is 5.32 Å². The largest absolute Gasteiger partial charge is 0.349 e. The van der Waals surface area contributed by atoms with E-state index in [0.29, 0.717) is 6.04 Å². The molecule has 0 saturated heterocycles. The zero-order chi connectivity index (χ0) is 9.26. The van der Waals surface area contributed by atoms with Crippen LogP contribution < -0.4 is 5.32 Å². The average molecular weight is 175 g/mol. The molecular formula is C11H13NO. The summed E-state index contributed by atoms with van der Waals surface area (Å²) < 4.78 is 0. The molecule has 1 aromatic carbocycles. The average Bonchev–Trinajstić information content (AvgIpc) is 2.89. The molecule has 0 radical (unpaired) electrons. The molecule has 0 unspecified atom stereocenters. The van der Waals surface area contributed by atoms with E-state index in [-0.39, 0.29) is 5.91 Å². The quantitative estimate of drug-likeness (QED) is 0.730. The van der Waals surface area contributed by atoms with Gasteiger partial charge in [-0.25, -0.2) is 0 Å². The first-order valence-electron chi connectivity index (χ1n) is 4.63. The molecule has 1 aliphatic rings. The van der Waals surface area contributed by atoms with Crippen molar-refractivity contribution in [2.45, 2.75) is 25.8 Å². The number of aryl methyl sites for hydroxylation is 1. The summed E-state index contributed by atoms with van der Waals surface area (Å²) in [5.74, 6) is 0.0579. The molecule has 0 aliphatic heterocycles. The summed E-state index contributed by atoms with van der Waals surface area (Å²) in [5.41, 5.74) is 1.94. The van der Waals surface area contributed by atoms with Crippen LogP contribution in [-0.4, -0.2) is 11.9 Å². The fourth-order valence-corrected chi connectivity index (χ4v) is 1.20. The molecule has 1 aliphatic carbocycles. The summed E-state index contributed by atoms with van der Waals surface area (Å²) in [6.45, 7) is 2.02. The van der Waals surface area contributed by atoms with Gasteiger partial charge in [0, 0.05) is 11.6 Å². The molecule has 68 valence electrons. The zero-order valence-corrected chi connectivity index (χ0v) is 7.71. The number of rotatable bonds is 2. The van der Waals surface area contributed by atoms with Gasteiger partial charge in [0.15, 0.2) is 0 Å². The van der Waals surface area contributed by atoms with Crippen LogP contribution in [-0.2, 0) is 0 Å². The van der Waals surface area contributed by atoms with Crippen molar-refractivity contribution in [1.29, 1.82) is 0 Å². The molecule has 1 aromatic rings. The topological polar surface area (TPSA) is 29.1 Å². The Morgan fingerprint density at radius 2 is 1.92 bits per heavy atom. The maximum Gasteiger partial charge on any atom is 0.251 e. The number of nitrogens with one attached hydrogen (secondary N) is 1. The van der Waals surface area contributed by atoms with E-state index in [1.54, 1.807) is 0 Å². The van der Waals surface area contributed by atoms with Crippen molar-refractivity contribution in [2.24, 2.45) is 0 Å². The maximum absolute atomic E-state index is 11.5. The normalized spacial score (nSPS) is 15.5. The molecule has 0 heterocycles. The summed E-state index contributed by atoms with van der Waals surface area (Å²) >= 11 is 0. The summed E-state index contributed by atoms with van der Waals surface area (Å²) in [4.78, 5) is 11.5. The third kappa shape index (κ3) is 2.08. The second kappa shape index (κ2) is 3.21. The lowest BCUT2D eigenvalue weighted by atomic mass is 10.1. The van der Waals surface area contributed by atoms with Crippen molar-refractivity contribution in [3.63, 3.8) is 0 Å². The predicted octanol–water partition coefficient (Wildman–Crippen LogP) is 1.89. The standard InChI is InChI=1S/C11H13NO/c1-8-2-4-9(5-3-8)11(13)12-10-6-7-10/h2-5,10H,6-7H2,1H3,(H,12,13). The number of carbonyl (C=O) groups excluding carboxylic acids is 1. The highest BCUT2D eigenvalue weighted by Gasteiger charge is 2.23. The number of hydrogen-bond donors (Lipinski definition) is 1. The van der Waals surface area contributed by atoms with Gasteiger partial charge in [-0.3, -0.25) is 4.79 Å². The summed E-state index contributed by atoms with van der Waals surface area (Å²) in [7, 11) is 0. The van der Waals surface area contributed by atoms with Gasteiger partial charge in [0.2, 0.25) is 0 Å². The lowest BCUT2D eigenvalue weighted by Crippen LogP contribution is -2.25. The Kier molecular flexibility index (Phi) is 2.05. The van der Waals surface area contributed by atoms with Gasteiger partial charge in [-0.05, 0) is 31.9 Å². The van der Waals surface area contributed by atoms with Crippen LogP contribution in [0.3, 0.4) is 0 Å². The van der Waals surface area contributed by atoms with Gasteiger partial charge in [0.05, 0.1) is 0 Å². The van der Waals surface area contributed by atoms with Crippen LogP contribution in [0.25, 0.3) is 0 Å². The second-order valence-electron chi connectivity index (χ2n) is 3.61. The third-order valence-electron chi connectivity index (χ3n) is 2.23. The van der Waals surface area contributed by atoms with Crippen LogP contribution >= 0.6 is 0 Å². The van der Waals surface area contributed by atoms with Crippen molar-refractivity contribution in [2.75, 3.05) is 0 Å². The van der Waals surface area contributed by atoms with E-state index >= 15 is 0 Å². The monoisotopic (exact) mass is 175 g/mol. The van der Waals surface area contributed by atoms with Crippen LogP contribution in [0.4, 0.5) is 0 Å². The molecule has 2 rings (SSSR count). The predicted molar refractivity (Wildman–Crippen MR) is 51.7 cm³/mol. The highest BCUT2D eigenvalue weighted by Crippen LogP contribution is 2.19. The van der Waals surface area contributed by atoms with Crippen LogP contribution in [0.5, 0.6) is 0 Å². The molecule has 0 bridgehead atoms. The Morgan fingerprint density at radius 3 is 2.46 bits per heavy atom. The van der Waals surface area contributed by atoms with Crippen molar-refractivity contribution < 1.29 is 4.79 Å². The molecule has 2 heteroatoms. The van der Waals surface area contributed by atoms with Crippen LogP contribution in [0.2, 0.25) is 0 Å². The Hall–Kier alpha value is -1.31. The number of carbonyl (C=O) groups is 1. The molecule has 1 amide bonds. The number of benzene rings is 1. The molecule has 0 spiro atoms. The maximum atomic E-state index is 11.5. The lowest BCUT2D eigenvalue weighted by Gasteiger charge is -2.02. The molecular weight excluding hydrogens is 162 g/mol. The van der Waals surface area contributed by atoms with Gasteiger partial charge in [-0.2, -0.15) is 0 Å². The fraction of sp³-hybridized carbons (Fsp3) is 0.364. The first-order chi connectivity index (χ1) is 6.25. The Labute approximate surface area is 78.0 Å². The Balaban J connectivity index is 2.05. The van der Waals surface area contributed by atoms with Gasteiger partial charge in [0.1, 0.15) is 0 Å². The zero-order valence-electron chi connectivity index (χ0n) is 7.71. The minimum atomic E-state index is 0.0579.